The van der Waals surface area contributed by atoms with Gasteiger partial charge >= 0.3 is 0 Å². The van der Waals surface area contributed by atoms with Gasteiger partial charge in [-0.1, -0.05) is 18.2 Å². The minimum Gasteiger partial charge on any atom is -0.372 e. The second-order valence-electron chi connectivity index (χ2n) is 6.93. The SMILES string of the molecule is NC1(c2cccc(-c3ccncc3)c2)N=CC=C(NCCCN2CC=NC2)N1. The van der Waals surface area contributed by atoms with Gasteiger partial charge in [0.25, 0.3) is 0 Å². The van der Waals surface area contributed by atoms with Gasteiger partial charge in [0.15, 0.2) is 0 Å². The number of pyridine rings is 1. The highest BCUT2D eigenvalue weighted by Crippen LogP contribution is 2.26. The van der Waals surface area contributed by atoms with Crippen LogP contribution in [0.3, 0.4) is 0 Å². The molecular formula is C21H25N7. The molecule has 7 nitrogen and oxygen atoms in total. The summed E-state index contributed by atoms with van der Waals surface area (Å²) in [6, 6.07) is 12.1. The van der Waals surface area contributed by atoms with E-state index in [1.165, 1.54) is 0 Å². The lowest BCUT2D eigenvalue weighted by Crippen LogP contribution is -2.52. The number of nitrogens with two attached hydrogens (primary N) is 1. The molecule has 0 radical (unpaired) electrons. The Balaban J connectivity index is 1.38. The molecule has 7 heteroatoms. The maximum Gasteiger partial charge on any atom is 0.210 e. The normalized spacial score (nSPS) is 21.4. The first-order chi connectivity index (χ1) is 13.7. The van der Waals surface area contributed by atoms with Gasteiger partial charge in [0.2, 0.25) is 5.79 Å². The summed E-state index contributed by atoms with van der Waals surface area (Å²) in [6.07, 6.45) is 10.3. The summed E-state index contributed by atoms with van der Waals surface area (Å²) in [7, 11) is 0. The zero-order chi connectivity index (χ0) is 19.2. The second-order valence-corrected chi connectivity index (χ2v) is 6.93. The minimum absolute atomic E-state index is 0.813. The molecule has 4 rings (SSSR count). The molecule has 28 heavy (non-hydrogen) atoms. The topological polar surface area (TPSA) is 90.9 Å². The largest absolute Gasteiger partial charge is 0.372 e. The zero-order valence-electron chi connectivity index (χ0n) is 15.8. The molecular weight excluding hydrogens is 350 g/mol. The molecule has 2 aliphatic heterocycles. The van der Waals surface area contributed by atoms with E-state index in [-0.39, 0.29) is 0 Å². The fraction of sp³-hybridized carbons (Fsp3) is 0.286. The van der Waals surface area contributed by atoms with E-state index in [0.717, 1.165) is 55.2 Å². The van der Waals surface area contributed by atoms with Crippen molar-refractivity contribution in [2.24, 2.45) is 15.7 Å². The highest BCUT2D eigenvalue weighted by atomic mass is 15.3. The predicted octanol–water partition coefficient (Wildman–Crippen LogP) is 1.66. The number of nitrogens with zero attached hydrogens (tertiary/aromatic N) is 4. The molecule has 1 unspecified atom stereocenters. The van der Waals surface area contributed by atoms with Gasteiger partial charge in [-0.25, -0.2) is 4.99 Å². The standard InChI is InChI=1S/C21H25N7/c22-21(19-4-1-3-18(15-19)17-5-9-23-10-6-17)26-11-7-20(27-21)25-8-2-13-28-14-12-24-16-28/h1,3-7,9-12,15,25,27H,2,8,13-14,16,22H2. The molecule has 144 valence electrons. The maximum atomic E-state index is 6.59. The fourth-order valence-electron chi connectivity index (χ4n) is 3.33. The van der Waals surface area contributed by atoms with Gasteiger partial charge in [-0.3, -0.25) is 20.6 Å². The van der Waals surface area contributed by atoms with Crippen LogP contribution >= 0.6 is 0 Å². The molecule has 0 bridgehead atoms. The average Bonchev–Trinajstić information content (AvgIpc) is 3.26. The minimum atomic E-state index is -0.997. The molecule has 0 saturated heterocycles. The Morgan fingerprint density at radius 2 is 2.07 bits per heavy atom. The average molecular weight is 375 g/mol. The monoisotopic (exact) mass is 375 g/mol. The summed E-state index contributed by atoms with van der Waals surface area (Å²) in [5.41, 5.74) is 9.68. The molecule has 1 aromatic carbocycles. The van der Waals surface area contributed by atoms with Gasteiger partial charge in [0, 0.05) is 50.0 Å². The van der Waals surface area contributed by atoms with Crippen LogP contribution in [0.1, 0.15) is 12.0 Å². The summed E-state index contributed by atoms with van der Waals surface area (Å²) in [6.45, 7) is 3.65. The van der Waals surface area contributed by atoms with E-state index in [4.69, 9.17) is 5.73 Å². The summed E-state index contributed by atoms with van der Waals surface area (Å²) in [5, 5.41) is 6.75. The number of hydrogen-bond acceptors (Lipinski definition) is 7. The first-order valence-electron chi connectivity index (χ1n) is 9.51. The predicted molar refractivity (Wildman–Crippen MR) is 113 cm³/mol. The van der Waals surface area contributed by atoms with Crippen LogP contribution in [0.4, 0.5) is 0 Å². The molecule has 3 heterocycles. The van der Waals surface area contributed by atoms with Crippen LogP contribution in [-0.4, -0.2) is 48.6 Å². The van der Waals surface area contributed by atoms with Crippen molar-refractivity contribution in [1.82, 2.24) is 20.5 Å². The lowest BCUT2D eigenvalue weighted by Gasteiger charge is -2.32. The number of aliphatic imine (C=N–C) groups is 2. The summed E-state index contributed by atoms with van der Waals surface area (Å²) in [4.78, 5) is 15.1. The number of hydrogen-bond donors (Lipinski definition) is 3. The van der Waals surface area contributed by atoms with E-state index in [0.29, 0.717) is 0 Å². The van der Waals surface area contributed by atoms with Crippen molar-refractivity contribution in [2.75, 3.05) is 26.3 Å². The first-order valence-corrected chi connectivity index (χ1v) is 9.51. The van der Waals surface area contributed by atoms with E-state index in [9.17, 15) is 0 Å². The molecule has 0 fully saturated rings. The maximum absolute atomic E-state index is 6.59. The third-order valence-electron chi connectivity index (χ3n) is 4.88. The highest BCUT2D eigenvalue weighted by Gasteiger charge is 2.28. The molecule has 0 amide bonds. The van der Waals surface area contributed by atoms with Gasteiger partial charge in [0.05, 0.1) is 6.67 Å². The van der Waals surface area contributed by atoms with Crippen molar-refractivity contribution in [3.8, 4) is 11.1 Å². The van der Waals surface area contributed by atoms with Crippen molar-refractivity contribution in [2.45, 2.75) is 12.2 Å². The Labute approximate surface area is 165 Å². The smallest absolute Gasteiger partial charge is 0.210 e. The number of rotatable bonds is 7. The third-order valence-corrected chi connectivity index (χ3v) is 4.88. The van der Waals surface area contributed by atoms with Crippen LogP contribution in [-0.2, 0) is 5.79 Å². The number of allylic oxidation sites excluding steroid dienone is 1. The number of benzene rings is 1. The molecule has 2 aromatic rings. The van der Waals surface area contributed by atoms with Gasteiger partial charge in [-0.15, -0.1) is 0 Å². The molecule has 0 aliphatic carbocycles. The van der Waals surface area contributed by atoms with Gasteiger partial charge < -0.3 is 10.6 Å². The van der Waals surface area contributed by atoms with Crippen molar-refractivity contribution in [3.05, 3.63) is 66.3 Å². The van der Waals surface area contributed by atoms with E-state index in [2.05, 4.69) is 42.6 Å². The highest BCUT2D eigenvalue weighted by molar-refractivity contribution is 5.74. The molecule has 2 aliphatic rings. The van der Waals surface area contributed by atoms with Gasteiger partial charge in [0.1, 0.15) is 5.82 Å². The van der Waals surface area contributed by atoms with Gasteiger partial charge in [-0.05, 0) is 41.8 Å². The Morgan fingerprint density at radius 3 is 2.89 bits per heavy atom. The number of aromatic nitrogens is 1. The third kappa shape index (κ3) is 4.27. The Bertz CT molecular complexity index is 883. The molecule has 4 N–H and O–H groups in total. The Kier molecular flexibility index (Phi) is 5.45. The van der Waals surface area contributed by atoms with Gasteiger partial charge in [-0.2, -0.15) is 0 Å². The van der Waals surface area contributed by atoms with E-state index in [1.54, 1.807) is 18.6 Å². The number of nitrogens with one attached hydrogen (secondary N) is 2. The van der Waals surface area contributed by atoms with Crippen LogP contribution in [0.2, 0.25) is 0 Å². The Morgan fingerprint density at radius 1 is 1.18 bits per heavy atom. The molecule has 0 saturated carbocycles. The molecule has 1 atom stereocenters. The Hall–Kier alpha value is -3.03. The van der Waals surface area contributed by atoms with E-state index < -0.39 is 5.79 Å². The van der Waals surface area contributed by atoms with Crippen molar-refractivity contribution in [3.63, 3.8) is 0 Å². The molecule has 1 aromatic heterocycles. The van der Waals surface area contributed by atoms with Crippen molar-refractivity contribution in [1.29, 1.82) is 0 Å². The summed E-state index contributed by atoms with van der Waals surface area (Å²) < 4.78 is 0. The first kappa shape index (κ1) is 18.3. The second kappa shape index (κ2) is 8.33. The van der Waals surface area contributed by atoms with Crippen LogP contribution in [0.15, 0.2) is 70.7 Å². The van der Waals surface area contributed by atoms with Crippen molar-refractivity contribution >= 4 is 12.4 Å². The fourth-order valence-corrected chi connectivity index (χ4v) is 3.33. The van der Waals surface area contributed by atoms with E-state index >= 15 is 0 Å². The quantitative estimate of drug-likeness (QED) is 0.640. The lowest BCUT2D eigenvalue weighted by molar-refractivity contribution is 0.332. The van der Waals surface area contributed by atoms with Crippen LogP contribution in [0.25, 0.3) is 11.1 Å². The van der Waals surface area contributed by atoms with Crippen LogP contribution in [0, 0.1) is 0 Å². The van der Waals surface area contributed by atoms with E-state index in [1.807, 2.05) is 36.6 Å². The van der Waals surface area contributed by atoms with Crippen LogP contribution < -0.4 is 16.4 Å². The van der Waals surface area contributed by atoms with Crippen LogP contribution in [0.5, 0.6) is 0 Å². The lowest BCUT2D eigenvalue weighted by atomic mass is 10.0. The molecule has 0 spiro atoms. The zero-order valence-corrected chi connectivity index (χ0v) is 15.8. The van der Waals surface area contributed by atoms with Crippen molar-refractivity contribution < 1.29 is 0 Å². The summed E-state index contributed by atoms with van der Waals surface area (Å²) in [5.74, 6) is -0.118. The summed E-state index contributed by atoms with van der Waals surface area (Å²) >= 11 is 0.